The van der Waals surface area contributed by atoms with Crippen LogP contribution in [0.25, 0.3) is 0 Å². The summed E-state index contributed by atoms with van der Waals surface area (Å²) in [4.78, 5) is 4.34. The van der Waals surface area contributed by atoms with Crippen molar-refractivity contribution in [3.8, 4) is 0 Å². The third-order valence-electron chi connectivity index (χ3n) is 2.36. The first-order valence-electron chi connectivity index (χ1n) is 5.30. The zero-order valence-corrected chi connectivity index (χ0v) is 9.67. The minimum Gasteiger partial charge on any atom is -0.353 e. The normalized spacial score (nSPS) is 16.0. The van der Waals surface area contributed by atoms with Crippen molar-refractivity contribution >= 4 is 17.6 Å². The first-order chi connectivity index (χ1) is 7.78. The van der Waals surface area contributed by atoms with E-state index in [-0.39, 0.29) is 0 Å². The lowest BCUT2D eigenvalue weighted by Gasteiger charge is -2.07. The summed E-state index contributed by atoms with van der Waals surface area (Å²) in [5.74, 6) is 6.01. The summed E-state index contributed by atoms with van der Waals surface area (Å²) < 4.78 is 0. The average Bonchev–Trinajstić information content (AvgIpc) is 3.08. The summed E-state index contributed by atoms with van der Waals surface area (Å²) in [5.41, 5.74) is 3.63. The van der Waals surface area contributed by atoms with Gasteiger partial charge in [-0.15, -0.1) is 0 Å². The Kier molecular flexibility index (Phi) is 3.64. The molecule has 86 valence electrons. The van der Waals surface area contributed by atoms with Crippen molar-refractivity contribution < 1.29 is 0 Å². The van der Waals surface area contributed by atoms with Crippen LogP contribution in [-0.2, 0) is 6.54 Å². The number of guanidine groups is 1. The van der Waals surface area contributed by atoms with Crippen molar-refractivity contribution in [3.05, 3.63) is 34.9 Å². The maximum atomic E-state index is 5.88. The maximum Gasteiger partial charge on any atom is 0.206 e. The van der Waals surface area contributed by atoms with Crippen molar-refractivity contribution in [3.63, 3.8) is 0 Å². The molecule has 2 rings (SSSR count). The van der Waals surface area contributed by atoms with Crippen LogP contribution in [0.1, 0.15) is 18.4 Å². The van der Waals surface area contributed by atoms with Gasteiger partial charge in [-0.2, -0.15) is 0 Å². The van der Waals surface area contributed by atoms with Gasteiger partial charge in [0, 0.05) is 11.1 Å². The van der Waals surface area contributed by atoms with Crippen molar-refractivity contribution in [2.24, 2.45) is 10.8 Å². The van der Waals surface area contributed by atoms with E-state index in [0.717, 1.165) is 10.6 Å². The maximum absolute atomic E-state index is 5.88. The zero-order valence-electron chi connectivity index (χ0n) is 8.91. The van der Waals surface area contributed by atoms with Crippen LogP contribution in [0.5, 0.6) is 0 Å². The number of hydrogen-bond donors (Lipinski definition) is 3. The zero-order chi connectivity index (χ0) is 11.4. The topological polar surface area (TPSA) is 62.4 Å². The lowest BCUT2D eigenvalue weighted by atomic mass is 10.2. The lowest BCUT2D eigenvalue weighted by Crippen LogP contribution is -2.42. The number of nitrogens with zero attached hydrogens (tertiary/aromatic N) is 1. The minimum atomic E-state index is 0.536. The molecule has 1 aliphatic rings. The van der Waals surface area contributed by atoms with Gasteiger partial charge in [0.25, 0.3) is 0 Å². The molecule has 1 aromatic rings. The molecule has 4 nitrogen and oxygen atoms in total. The van der Waals surface area contributed by atoms with Crippen LogP contribution in [0.3, 0.4) is 0 Å². The SMILES string of the molecule is NNC(=NCc1cccc(Cl)c1)NC1CC1. The quantitative estimate of drug-likeness (QED) is 0.323. The monoisotopic (exact) mass is 238 g/mol. The van der Waals surface area contributed by atoms with Crippen LogP contribution in [-0.4, -0.2) is 12.0 Å². The van der Waals surface area contributed by atoms with Gasteiger partial charge in [-0.25, -0.2) is 10.8 Å². The van der Waals surface area contributed by atoms with Crippen LogP contribution in [0, 0.1) is 0 Å². The van der Waals surface area contributed by atoms with Gasteiger partial charge in [0.1, 0.15) is 0 Å². The predicted molar refractivity (Wildman–Crippen MR) is 66.1 cm³/mol. The molecule has 0 amide bonds. The molecule has 0 atom stereocenters. The van der Waals surface area contributed by atoms with Crippen molar-refractivity contribution in [2.45, 2.75) is 25.4 Å². The Labute approximate surface area is 99.9 Å². The number of aliphatic imine (C=N–C) groups is 1. The average molecular weight is 239 g/mol. The van der Waals surface area contributed by atoms with E-state index in [1.54, 1.807) is 0 Å². The third-order valence-corrected chi connectivity index (χ3v) is 2.60. The van der Waals surface area contributed by atoms with E-state index in [1.165, 1.54) is 12.8 Å². The number of nitrogens with two attached hydrogens (primary N) is 1. The largest absolute Gasteiger partial charge is 0.353 e. The van der Waals surface area contributed by atoms with E-state index in [0.29, 0.717) is 18.5 Å². The number of hydrazine groups is 1. The van der Waals surface area contributed by atoms with Crippen LogP contribution in [0.4, 0.5) is 0 Å². The fraction of sp³-hybridized carbons (Fsp3) is 0.364. The third kappa shape index (κ3) is 3.40. The van der Waals surface area contributed by atoms with E-state index in [2.05, 4.69) is 15.7 Å². The van der Waals surface area contributed by atoms with Crippen molar-refractivity contribution in [2.75, 3.05) is 0 Å². The summed E-state index contributed by atoms with van der Waals surface area (Å²) in [6.45, 7) is 0.569. The number of hydrogen-bond acceptors (Lipinski definition) is 2. The highest BCUT2D eigenvalue weighted by Gasteiger charge is 2.21. The van der Waals surface area contributed by atoms with Crippen LogP contribution >= 0.6 is 11.6 Å². The molecule has 4 N–H and O–H groups in total. The van der Waals surface area contributed by atoms with E-state index in [1.807, 2.05) is 24.3 Å². The second-order valence-corrected chi connectivity index (χ2v) is 4.29. The molecular weight excluding hydrogens is 224 g/mol. The molecule has 0 aliphatic heterocycles. The summed E-state index contributed by atoms with van der Waals surface area (Å²) in [6, 6.07) is 8.18. The smallest absolute Gasteiger partial charge is 0.206 e. The summed E-state index contributed by atoms with van der Waals surface area (Å²) >= 11 is 5.88. The highest BCUT2D eigenvalue weighted by atomic mass is 35.5. The van der Waals surface area contributed by atoms with Gasteiger partial charge in [0.15, 0.2) is 0 Å². The van der Waals surface area contributed by atoms with E-state index in [4.69, 9.17) is 17.4 Å². The molecule has 1 aliphatic carbocycles. The highest BCUT2D eigenvalue weighted by molar-refractivity contribution is 6.30. The lowest BCUT2D eigenvalue weighted by molar-refractivity contribution is 0.821. The number of nitrogens with one attached hydrogen (secondary N) is 2. The van der Waals surface area contributed by atoms with Crippen molar-refractivity contribution in [1.82, 2.24) is 10.7 Å². The van der Waals surface area contributed by atoms with Gasteiger partial charge < -0.3 is 5.32 Å². The molecule has 1 saturated carbocycles. The highest BCUT2D eigenvalue weighted by Crippen LogP contribution is 2.18. The van der Waals surface area contributed by atoms with E-state index >= 15 is 0 Å². The van der Waals surface area contributed by atoms with Gasteiger partial charge >= 0.3 is 0 Å². The molecule has 0 spiro atoms. The molecule has 1 fully saturated rings. The first-order valence-corrected chi connectivity index (χ1v) is 5.68. The van der Waals surface area contributed by atoms with Gasteiger partial charge in [-0.05, 0) is 30.5 Å². The molecule has 1 aromatic carbocycles. The second-order valence-electron chi connectivity index (χ2n) is 3.86. The van der Waals surface area contributed by atoms with Crippen molar-refractivity contribution in [1.29, 1.82) is 0 Å². The molecule has 16 heavy (non-hydrogen) atoms. The molecule has 0 saturated heterocycles. The minimum absolute atomic E-state index is 0.536. The van der Waals surface area contributed by atoms with Gasteiger partial charge in [0.05, 0.1) is 6.54 Å². The molecule has 0 bridgehead atoms. The fourth-order valence-electron chi connectivity index (χ4n) is 1.36. The van der Waals surface area contributed by atoms with E-state index < -0.39 is 0 Å². The number of rotatable bonds is 3. The van der Waals surface area contributed by atoms with Gasteiger partial charge in [-0.1, -0.05) is 23.7 Å². The Morgan fingerprint density at radius 2 is 2.31 bits per heavy atom. The second kappa shape index (κ2) is 5.18. The molecule has 0 aromatic heterocycles. The predicted octanol–water partition coefficient (Wildman–Crippen LogP) is 1.41. The van der Waals surface area contributed by atoms with Gasteiger partial charge in [-0.3, -0.25) is 5.43 Å². The van der Waals surface area contributed by atoms with Crippen LogP contribution < -0.4 is 16.6 Å². The fourth-order valence-corrected chi connectivity index (χ4v) is 1.57. The van der Waals surface area contributed by atoms with Gasteiger partial charge in [0.2, 0.25) is 5.96 Å². The van der Waals surface area contributed by atoms with E-state index in [9.17, 15) is 0 Å². The molecule has 0 unspecified atom stereocenters. The summed E-state index contributed by atoms with van der Waals surface area (Å²) in [7, 11) is 0. The van der Waals surface area contributed by atoms with Crippen LogP contribution in [0.15, 0.2) is 29.3 Å². The molecule has 0 heterocycles. The summed E-state index contributed by atoms with van der Waals surface area (Å²) in [6.07, 6.45) is 2.38. The Morgan fingerprint density at radius 3 is 2.94 bits per heavy atom. The molecule has 5 heteroatoms. The summed E-state index contributed by atoms with van der Waals surface area (Å²) in [5, 5.41) is 3.93. The molecule has 0 radical (unpaired) electrons. The first kappa shape index (κ1) is 11.2. The number of benzene rings is 1. The molecular formula is C11H15ClN4. The Balaban J connectivity index is 1.94. The standard InChI is InChI=1S/C11H15ClN4/c12-9-3-1-2-8(6-9)7-14-11(16-13)15-10-4-5-10/h1-3,6,10H,4-5,7,13H2,(H2,14,15,16). The Morgan fingerprint density at radius 1 is 1.50 bits per heavy atom. The number of halogens is 1. The Bertz CT molecular complexity index is 387. The Hall–Kier alpha value is -1.26. The van der Waals surface area contributed by atoms with Crippen LogP contribution in [0.2, 0.25) is 5.02 Å².